The highest BCUT2D eigenvalue weighted by Crippen LogP contribution is 2.25. The van der Waals surface area contributed by atoms with Crippen LogP contribution in [0.2, 0.25) is 0 Å². The van der Waals surface area contributed by atoms with Gasteiger partial charge in [0, 0.05) is 41.0 Å². The summed E-state index contributed by atoms with van der Waals surface area (Å²) in [7, 11) is 0. The number of nitrogens with two attached hydrogens (primary N) is 1. The largest absolute Gasteiger partial charge is 0.394 e. The van der Waals surface area contributed by atoms with Crippen molar-refractivity contribution in [3.05, 3.63) is 95.1 Å². The number of aliphatic hydroxyl groups is 1. The first-order valence-electron chi connectivity index (χ1n) is 12.6. The van der Waals surface area contributed by atoms with Crippen LogP contribution < -0.4 is 11.3 Å². The van der Waals surface area contributed by atoms with E-state index in [1.54, 1.807) is 47.6 Å². The van der Waals surface area contributed by atoms with Crippen molar-refractivity contribution in [1.82, 2.24) is 20.3 Å². The number of rotatable bonds is 4. The summed E-state index contributed by atoms with van der Waals surface area (Å²) in [6.07, 6.45) is 5.73. The Labute approximate surface area is 224 Å². The van der Waals surface area contributed by atoms with Crippen molar-refractivity contribution < 1.29 is 19.1 Å². The molecule has 2 aromatic heterocycles. The van der Waals surface area contributed by atoms with Crippen LogP contribution in [0, 0.1) is 17.7 Å². The van der Waals surface area contributed by atoms with Gasteiger partial charge in [-0.3, -0.25) is 20.0 Å². The van der Waals surface area contributed by atoms with Crippen molar-refractivity contribution in [1.29, 1.82) is 0 Å². The summed E-state index contributed by atoms with van der Waals surface area (Å²) < 4.78 is 14.8. The van der Waals surface area contributed by atoms with Gasteiger partial charge in [-0.15, -0.1) is 0 Å². The molecule has 1 aliphatic rings. The van der Waals surface area contributed by atoms with Crippen LogP contribution in [0.15, 0.2) is 67.0 Å². The number of halogens is 1. The van der Waals surface area contributed by atoms with Crippen molar-refractivity contribution in [2.24, 2.45) is 5.84 Å². The molecule has 2 amide bonds. The summed E-state index contributed by atoms with van der Waals surface area (Å²) in [5, 5.41) is 10.2. The van der Waals surface area contributed by atoms with Crippen molar-refractivity contribution in [2.75, 3.05) is 13.2 Å². The molecule has 8 nitrogen and oxygen atoms in total. The lowest BCUT2D eigenvalue weighted by Crippen LogP contribution is -2.45. The lowest BCUT2D eigenvalue weighted by atomic mass is 10.0. The van der Waals surface area contributed by atoms with E-state index in [9.17, 15) is 19.1 Å². The van der Waals surface area contributed by atoms with Gasteiger partial charge in [0.1, 0.15) is 5.82 Å². The van der Waals surface area contributed by atoms with E-state index in [1.165, 1.54) is 12.1 Å². The molecule has 0 bridgehead atoms. The molecule has 9 heteroatoms. The summed E-state index contributed by atoms with van der Waals surface area (Å²) in [5.74, 6) is 9.82. The maximum atomic E-state index is 14.8. The number of likely N-dealkylation sites (tertiary alicyclic amines) is 1. The number of piperidine rings is 1. The number of hydrogen-bond donors (Lipinski definition) is 3. The van der Waals surface area contributed by atoms with Crippen LogP contribution in [0.4, 0.5) is 4.39 Å². The predicted octanol–water partition coefficient (Wildman–Crippen LogP) is 3.43. The first-order valence-corrected chi connectivity index (χ1v) is 12.6. The van der Waals surface area contributed by atoms with Crippen molar-refractivity contribution in [3.8, 4) is 23.1 Å². The highest BCUT2D eigenvalue weighted by Gasteiger charge is 2.27. The van der Waals surface area contributed by atoms with Crippen molar-refractivity contribution in [3.63, 3.8) is 0 Å². The van der Waals surface area contributed by atoms with Gasteiger partial charge in [-0.25, -0.2) is 15.2 Å². The Kier molecular flexibility index (Phi) is 7.59. The predicted molar refractivity (Wildman–Crippen MR) is 145 cm³/mol. The Morgan fingerprint density at radius 2 is 1.92 bits per heavy atom. The molecule has 1 aliphatic heterocycles. The highest BCUT2D eigenvalue weighted by atomic mass is 19.1. The van der Waals surface area contributed by atoms with Gasteiger partial charge in [0.05, 0.1) is 35.0 Å². The number of hydrazine groups is 1. The summed E-state index contributed by atoms with van der Waals surface area (Å²) in [5.41, 5.74) is 5.53. The molecule has 1 unspecified atom stereocenters. The number of nitrogen functional groups attached to an aromatic ring is 1. The summed E-state index contributed by atoms with van der Waals surface area (Å²) in [4.78, 5) is 35.5. The lowest BCUT2D eigenvalue weighted by Gasteiger charge is -2.34. The quantitative estimate of drug-likeness (QED) is 0.163. The minimum atomic E-state index is -0.580. The smallest absolute Gasteiger partial charge is 0.265 e. The number of nitrogens with one attached hydrogen (secondary N) is 1. The number of carbonyl (C=O) groups is 2. The summed E-state index contributed by atoms with van der Waals surface area (Å²) in [6, 6.07) is 14.6. The molecule has 39 heavy (non-hydrogen) atoms. The van der Waals surface area contributed by atoms with Crippen molar-refractivity contribution >= 4 is 22.7 Å². The summed E-state index contributed by atoms with van der Waals surface area (Å²) >= 11 is 0. The second-order valence-corrected chi connectivity index (χ2v) is 9.27. The minimum absolute atomic E-state index is 0.102. The second kappa shape index (κ2) is 11.4. The van der Waals surface area contributed by atoms with E-state index in [1.807, 2.05) is 12.1 Å². The van der Waals surface area contributed by atoms with E-state index in [2.05, 4.69) is 27.2 Å². The van der Waals surface area contributed by atoms with E-state index in [0.717, 1.165) is 24.8 Å². The van der Waals surface area contributed by atoms with Crippen LogP contribution in [-0.2, 0) is 0 Å². The SMILES string of the molecule is NNC(=O)c1cc(-c2ccc(C#Cc3ccc(C(=O)N4CCCCC4CO)cc3F)cc2)nc2ccncc12. The third kappa shape index (κ3) is 5.48. The lowest BCUT2D eigenvalue weighted by molar-refractivity contribution is 0.0502. The van der Waals surface area contributed by atoms with E-state index < -0.39 is 11.7 Å². The topological polar surface area (TPSA) is 121 Å². The molecule has 196 valence electrons. The van der Waals surface area contributed by atoms with Gasteiger partial charge in [0.25, 0.3) is 11.8 Å². The molecule has 4 aromatic rings. The van der Waals surface area contributed by atoms with Crippen LogP contribution >= 0.6 is 0 Å². The van der Waals surface area contributed by atoms with Gasteiger partial charge in [0.15, 0.2) is 0 Å². The molecule has 4 N–H and O–H groups in total. The monoisotopic (exact) mass is 523 g/mol. The molecular formula is C30H26FN5O3. The first kappa shape index (κ1) is 26.0. The maximum absolute atomic E-state index is 14.8. The van der Waals surface area contributed by atoms with Crippen molar-refractivity contribution in [2.45, 2.75) is 25.3 Å². The fraction of sp³-hybridized carbons (Fsp3) is 0.200. The third-order valence-electron chi connectivity index (χ3n) is 6.82. The van der Waals surface area contributed by atoms with Crippen LogP contribution in [0.3, 0.4) is 0 Å². The van der Waals surface area contributed by atoms with E-state index in [4.69, 9.17) is 5.84 Å². The number of pyridine rings is 2. The van der Waals surface area contributed by atoms with Crippen LogP contribution in [-0.4, -0.2) is 51.0 Å². The molecule has 1 saturated heterocycles. The normalized spacial score (nSPS) is 14.9. The number of aliphatic hydroxyl groups excluding tert-OH is 1. The zero-order valence-corrected chi connectivity index (χ0v) is 21.0. The average molecular weight is 524 g/mol. The van der Waals surface area contributed by atoms with Gasteiger partial charge >= 0.3 is 0 Å². The minimum Gasteiger partial charge on any atom is -0.394 e. The maximum Gasteiger partial charge on any atom is 0.265 e. The van der Waals surface area contributed by atoms with E-state index in [-0.39, 0.29) is 29.7 Å². The molecule has 0 saturated carbocycles. The number of aromatic nitrogens is 2. The van der Waals surface area contributed by atoms with Gasteiger partial charge < -0.3 is 10.0 Å². The van der Waals surface area contributed by atoms with E-state index in [0.29, 0.717) is 34.3 Å². The molecule has 2 aromatic carbocycles. The molecule has 1 atom stereocenters. The fourth-order valence-corrected chi connectivity index (χ4v) is 4.72. The first-order chi connectivity index (χ1) is 19.0. The summed E-state index contributed by atoms with van der Waals surface area (Å²) in [6.45, 7) is 0.450. The number of carbonyl (C=O) groups excluding carboxylic acids is 2. The Morgan fingerprint density at radius 3 is 2.67 bits per heavy atom. The van der Waals surface area contributed by atoms with Gasteiger partial charge in [-0.2, -0.15) is 0 Å². The fourth-order valence-electron chi connectivity index (χ4n) is 4.72. The van der Waals surface area contributed by atoms with E-state index >= 15 is 0 Å². The standard InChI is InChI=1S/C30H26FN5O3/c31-26-15-22(30(39)36-14-2-1-3-23(36)18-37)11-10-20(26)7-4-19-5-8-21(9-6-19)28-16-24(29(38)35-32)25-17-33-13-12-27(25)34-28/h5-6,8-13,15-17,23,37H,1-3,14,18,32H2,(H,35,38). The van der Waals surface area contributed by atoms with Crippen LogP contribution in [0.1, 0.15) is 51.1 Å². The zero-order chi connectivity index (χ0) is 27.4. The molecule has 3 heterocycles. The van der Waals surface area contributed by atoms with Gasteiger partial charge in [-0.05, 0) is 61.7 Å². The van der Waals surface area contributed by atoms with Gasteiger partial charge in [-0.1, -0.05) is 24.0 Å². The number of fused-ring (bicyclic) bond motifs is 1. The molecule has 0 radical (unpaired) electrons. The molecule has 0 spiro atoms. The number of hydrogen-bond acceptors (Lipinski definition) is 6. The molecule has 0 aliphatic carbocycles. The molecule has 1 fully saturated rings. The Hall–Kier alpha value is -4.65. The number of benzene rings is 2. The molecule has 5 rings (SSSR count). The Balaban J connectivity index is 1.36. The highest BCUT2D eigenvalue weighted by molar-refractivity contribution is 6.06. The third-order valence-corrected chi connectivity index (χ3v) is 6.82. The Morgan fingerprint density at radius 1 is 1.10 bits per heavy atom. The Bertz CT molecular complexity index is 1610. The zero-order valence-electron chi connectivity index (χ0n) is 21.0. The van der Waals surface area contributed by atoms with Crippen LogP contribution in [0.25, 0.3) is 22.2 Å². The van der Waals surface area contributed by atoms with Crippen LogP contribution in [0.5, 0.6) is 0 Å². The average Bonchev–Trinajstić information content (AvgIpc) is 2.99. The van der Waals surface area contributed by atoms with Gasteiger partial charge in [0.2, 0.25) is 0 Å². The molecular weight excluding hydrogens is 497 g/mol. The number of nitrogens with zero attached hydrogens (tertiary/aromatic N) is 3. The second-order valence-electron chi connectivity index (χ2n) is 9.27. The number of amides is 2.